The third kappa shape index (κ3) is 4.19. The van der Waals surface area contributed by atoms with Gasteiger partial charge in [0.05, 0.1) is 0 Å². The lowest BCUT2D eigenvalue weighted by molar-refractivity contribution is -0.124. The van der Waals surface area contributed by atoms with Gasteiger partial charge in [0.15, 0.2) is 0 Å². The quantitative estimate of drug-likeness (QED) is 0.792. The van der Waals surface area contributed by atoms with E-state index >= 15 is 0 Å². The summed E-state index contributed by atoms with van der Waals surface area (Å²) in [6, 6.07) is 7.94. The Hall–Kier alpha value is -1.35. The number of carbonyl (C=O) groups excluding carboxylic acids is 1. The zero-order valence-corrected chi connectivity index (χ0v) is 10.7. The van der Waals surface area contributed by atoms with Gasteiger partial charge in [0.2, 0.25) is 5.91 Å². The monoisotopic (exact) mass is 234 g/mol. The van der Waals surface area contributed by atoms with Crippen LogP contribution in [0.3, 0.4) is 0 Å². The molecule has 1 aromatic carbocycles. The van der Waals surface area contributed by atoms with Crippen LogP contribution in [0, 0.1) is 5.92 Å². The van der Waals surface area contributed by atoms with Gasteiger partial charge < -0.3 is 11.1 Å². The standard InChI is InChI=1S/C14H22N2O/c1-3-6-11(2)14(17)16-10-13-8-5-4-7-12(13)9-15/h4-5,7-8,11H,3,6,9-10,15H2,1-2H3,(H,16,17). The van der Waals surface area contributed by atoms with Crippen LogP contribution in [0.2, 0.25) is 0 Å². The fraction of sp³-hybridized carbons (Fsp3) is 0.500. The van der Waals surface area contributed by atoms with Crippen LogP contribution in [-0.4, -0.2) is 5.91 Å². The maximum absolute atomic E-state index is 11.8. The van der Waals surface area contributed by atoms with Gasteiger partial charge in [-0.1, -0.05) is 44.5 Å². The van der Waals surface area contributed by atoms with Crippen molar-refractivity contribution in [3.63, 3.8) is 0 Å². The molecule has 0 radical (unpaired) electrons. The highest BCUT2D eigenvalue weighted by atomic mass is 16.1. The van der Waals surface area contributed by atoms with Crippen molar-refractivity contribution in [2.24, 2.45) is 11.7 Å². The van der Waals surface area contributed by atoms with Gasteiger partial charge in [-0.05, 0) is 17.5 Å². The van der Waals surface area contributed by atoms with Crippen LogP contribution in [0.15, 0.2) is 24.3 Å². The lowest BCUT2D eigenvalue weighted by Crippen LogP contribution is -2.29. The second-order valence-electron chi connectivity index (χ2n) is 4.38. The second kappa shape index (κ2) is 7.07. The van der Waals surface area contributed by atoms with Crippen molar-refractivity contribution >= 4 is 5.91 Å². The van der Waals surface area contributed by atoms with Crippen molar-refractivity contribution in [1.29, 1.82) is 0 Å². The predicted octanol–water partition coefficient (Wildman–Crippen LogP) is 2.20. The number of carbonyl (C=O) groups is 1. The van der Waals surface area contributed by atoms with Gasteiger partial charge in [0, 0.05) is 19.0 Å². The molecule has 1 rings (SSSR count). The zero-order chi connectivity index (χ0) is 12.7. The Bertz CT molecular complexity index is 363. The Morgan fingerprint density at radius 3 is 2.59 bits per heavy atom. The van der Waals surface area contributed by atoms with Crippen LogP contribution in [0.25, 0.3) is 0 Å². The molecule has 3 N–H and O–H groups in total. The van der Waals surface area contributed by atoms with Crippen LogP contribution in [0.5, 0.6) is 0 Å². The van der Waals surface area contributed by atoms with E-state index < -0.39 is 0 Å². The van der Waals surface area contributed by atoms with E-state index in [4.69, 9.17) is 5.73 Å². The minimum Gasteiger partial charge on any atom is -0.352 e. The summed E-state index contributed by atoms with van der Waals surface area (Å²) in [6.45, 7) is 5.14. The second-order valence-corrected chi connectivity index (χ2v) is 4.38. The van der Waals surface area contributed by atoms with Crippen molar-refractivity contribution < 1.29 is 4.79 Å². The highest BCUT2D eigenvalue weighted by molar-refractivity contribution is 5.78. The average Bonchev–Trinajstić information content (AvgIpc) is 2.36. The molecular weight excluding hydrogens is 212 g/mol. The Morgan fingerprint density at radius 1 is 1.35 bits per heavy atom. The van der Waals surface area contributed by atoms with Crippen LogP contribution >= 0.6 is 0 Å². The highest BCUT2D eigenvalue weighted by Gasteiger charge is 2.11. The number of nitrogens with two attached hydrogens (primary N) is 1. The normalized spacial score (nSPS) is 12.2. The maximum atomic E-state index is 11.8. The van der Waals surface area contributed by atoms with E-state index in [2.05, 4.69) is 12.2 Å². The van der Waals surface area contributed by atoms with Gasteiger partial charge in [-0.2, -0.15) is 0 Å². The molecule has 0 aliphatic carbocycles. The molecule has 0 aliphatic heterocycles. The van der Waals surface area contributed by atoms with Crippen molar-refractivity contribution in [2.45, 2.75) is 39.8 Å². The van der Waals surface area contributed by atoms with Gasteiger partial charge in [-0.25, -0.2) is 0 Å². The van der Waals surface area contributed by atoms with Gasteiger partial charge in [-0.15, -0.1) is 0 Å². The number of hydrogen-bond donors (Lipinski definition) is 2. The SMILES string of the molecule is CCCC(C)C(=O)NCc1ccccc1CN. The number of benzene rings is 1. The zero-order valence-electron chi connectivity index (χ0n) is 10.7. The van der Waals surface area contributed by atoms with E-state index in [1.54, 1.807) is 0 Å². The topological polar surface area (TPSA) is 55.1 Å². The Balaban J connectivity index is 2.52. The molecule has 0 heterocycles. The summed E-state index contributed by atoms with van der Waals surface area (Å²) in [7, 11) is 0. The predicted molar refractivity (Wildman–Crippen MR) is 70.3 cm³/mol. The van der Waals surface area contributed by atoms with Gasteiger partial charge in [0.1, 0.15) is 0 Å². The lowest BCUT2D eigenvalue weighted by atomic mass is 10.0. The molecule has 1 atom stereocenters. The molecule has 1 aromatic rings. The number of nitrogens with one attached hydrogen (secondary N) is 1. The minimum absolute atomic E-state index is 0.0880. The molecule has 94 valence electrons. The summed E-state index contributed by atoms with van der Waals surface area (Å²) in [5, 5.41) is 2.96. The van der Waals surface area contributed by atoms with Crippen molar-refractivity contribution in [3.8, 4) is 0 Å². The van der Waals surface area contributed by atoms with Crippen LogP contribution in [0.4, 0.5) is 0 Å². The molecule has 1 unspecified atom stereocenters. The molecule has 3 nitrogen and oxygen atoms in total. The molecule has 3 heteroatoms. The molecule has 0 saturated carbocycles. The Kier molecular flexibility index (Phi) is 5.70. The van der Waals surface area contributed by atoms with E-state index in [1.165, 1.54) is 0 Å². The average molecular weight is 234 g/mol. The van der Waals surface area contributed by atoms with Gasteiger partial charge in [0.25, 0.3) is 0 Å². The molecular formula is C14H22N2O. The fourth-order valence-corrected chi connectivity index (χ4v) is 1.85. The van der Waals surface area contributed by atoms with Gasteiger partial charge >= 0.3 is 0 Å². The third-order valence-electron chi connectivity index (χ3n) is 2.96. The summed E-state index contributed by atoms with van der Waals surface area (Å²) in [6.07, 6.45) is 1.97. The minimum atomic E-state index is 0.0880. The number of hydrogen-bond acceptors (Lipinski definition) is 2. The molecule has 0 spiro atoms. The summed E-state index contributed by atoms with van der Waals surface area (Å²) < 4.78 is 0. The molecule has 0 aromatic heterocycles. The first-order chi connectivity index (χ1) is 8.19. The molecule has 0 fully saturated rings. The largest absolute Gasteiger partial charge is 0.352 e. The summed E-state index contributed by atoms with van der Waals surface area (Å²) in [5.74, 6) is 0.212. The Morgan fingerprint density at radius 2 is 2.00 bits per heavy atom. The molecule has 17 heavy (non-hydrogen) atoms. The van der Waals surface area contributed by atoms with Crippen molar-refractivity contribution in [3.05, 3.63) is 35.4 Å². The number of rotatable bonds is 6. The van der Waals surface area contributed by atoms with Crippen LogP contribution in [0.1, 0.15) is 37.8 Å². The summed E-state index contributed by atoms with van der Waals surface area (Å²) in [4.78, 5) is 11.8. The summed E-state index contributed by atoms with van der Waals surface area (Å²) in [5.41, 5.74) is 7.85. The van der Waals surface area contributed by atoms with E-state index in [0.29, 0.717) is 13.1 Å². The third-order valence-corrected chi connectivity index (χ3v) is 2.96. The Labute approximate surface area is 103 Å². The molecule has 1 amide bonds. The fourth-order valence-electron chi connectivity index (χ4n) is 1.85. The highest BCUT2D eigenvalue weighted by Crippen LogP contribution is 2.09. The first-order valence-corrected chi connectivity index (χ1v) is 6.23. The van der Waals surface area contributed by atoms with Crippen LogP contribution < -0.4 is 11.1 Å². The van der Waals surface area contributed by atoms with Crippen molar-refractivity contribution in [2.75, 3.05) is 0 Å². The molecule has 0 saturated heterocycles. The smallest absolute Gasteiger partial charge is 0.223 e. The lowest BCUT2D eigenvalue weighted by Gasteiger charge is -2.12. The number of amides is 1. The van der Waals surface area contributed by atoms with Crippen LogP contribution in [-0.2, 0) is 17.9 Å². The van der Waals surface area contributed by atoms with Crippen molar-refractivity contribution in [1.82, 2.24) is 5.32 Å². The summed E-state index contributed by atoms with van der Waals surface area (Å²) >= 11 is 0. The first kappa shape index (κ1) is 13.7. The van der Waals surface area contributed by atoms with E-state index in [1.807, 2.05) is 31.2 Å². The van der Waals surface area contributed by atoms with Gasteiger partial charge in [-0.3, -0.25) is 4.79 Å². The van der Waals surface area contributed by atoms with E-state index in [9.17, 15) is 4.79 Å². The maximum Gasteiger partial charge on any atom is 0.223 e. The molecule has 0 aliphatic rings. The first-order valence-electron chi connectivity index (χ1n) is 6.23. The molecule has 0 bridgehead atoms. The van der Waals surface area contributed by atoms with E-state index in [0.717, 1.165) is 24.0 Å². The van der Waals surface area contributed by atoms with E-state index in [-0.39, 0.29) is 11.8 Å².